The maximum atomic E-state index is 13.9. The Bertz CT molecular complexity index is 1660. The highest BCUT2D eigenvalue weighted by molar-refractivity contribution is 7.98. The van der Waals surface area contributed by atoms with Crippen LogP contribution in [0, 0.1) is 17.8 Å². The number of pyridine rings is 1. The van der Waals surface area contributed by atoms with E-state index in [0.717, 1.165) is 28.3 Å². The van der Waals surface area contributed by atoms with Crippen molar-refractivity contribution in [2.45, 2.75) is 31.7 Å². The van der Waals surface area contributed by atoms with Gasteiger partial charge >= 0.3 is 0 Å². The molecule has 0 N–H and O–H groups in total. The summed E-state index contributed by atoms with van der Waals surface area (Å²) in [6, 6.07) is 17.6. The van der Waals surface area contributed by atoms with Gasteiger partial charge in [0.15, 0.2) is 14.8 Å². The number of aromatic nitrogens is 4. The molecule has 3 heterocycles. The molecule has 0 aliphatic heterocycles. The van der Waals surface area contributed by atoms with Crippen molar-refractivity contribution in [1.29, 1.82) is 0 Å². The minimum atomic E-state index is -0.141. The molecular formula is C27H24N4O2S3. The Morgan fingerprint density at radius 3 is 2.58 bits per heavy atom. The number of fused-ring (bicyclic) bond motifs is 1. The van der Waals surface area contributed by atoms with Crippen LogP contribution in [-0.4, -0.2) is 25.7 Å². The summed E-state index contributed by atoms with van der Waals surface area (Å²) in [5.74, 6) is 1.38. The molecule has 0 amide bonds. The smallest absolute Gasteiger partial charge is 0.278 e. The summed E-state index contributed by atoms with van der Waals surface area (Å²) in [6.45, 7) is 6.63. The van der Waals surface area contributed by atoms with E-state index in [9.17, 15) is 4.79 Å². The molecule has 9 heteroatoms. The molecule has 0 fully saturated rings. The van der Waals surface area contributed by atoms with Crippen LogP contribution in [0.2, 0.25) is 0 Å². The second-order valence-corrected chi connectivity index (χ2v) is 10.8. The first-order valence-electron chi connectivity index (χ1n) is 11.5. The maximum Gasteiger partial charge on any atom is 0.278 e. The Hall–Kier alpha value is -3.27. The van der Waals surface area contributed by atoms with Crippen molar-refractivity contribution in [3.8, 4) is 17.1 Å². The number of rotatable bonds is 7. The lowest BCUT2D eigenvalue weighted by molar-refractivity contribution is 0.340. The highest BCUT2D eigenvalue weighted by Crippen LogP contribution is 2.30. The van der Waals surface area contributed by atoms with Gasteiger partial charge in [0.25, 0.3) is 5.56 Å². The Kier molecular flexibility index (Phi) is 7.04. The normalized spacial score (nSPS) is 11.2. The monoisotopic (exact) mass is 532 g/mol. The summed E-state index contributed by atoms with van der Waals surface area (Å²) in [4.78, 5) is 23.2. The van der Waals surface area contributed by atoms with E-state index in [2.05, 4.69) is 18.0 Å². The summed E-state index contributed by atoms with van der Waals surface area (Å²) in [5, 5.41) is 0.590. The third-order valence-electron chi connectivity index (χ3n) is 5.67. The molecule has 36 heavy (non-hydrogen) atoms. The molecule has 0 saturated heterocycles. The highest BCUT2D eigenvalue weighted by atomic mass is 32.2. The lowest BCUT2D eigenvalue weighted by atomic mass is 10.1. The number of thioether (sulfide) groups is 1. The summed E-state index contributed by atoms with van der Waals surface area (Å²) >= 11 is 8.53. The molecule has 0 unspecified atom stereocenters. The molecular weight excluding hydrogens is 509 g/mol. The molecule has 0 bridgehead atoms. The average Bonchev–Trinajstić information content (AvgIpc) is 3.20. The van der Waals surface area contributed by atoms with E-state index in [-0.39, 0.29) is 5.56 Å². The van der Waals surface area contributed by atoms with Gasteiger partial charge in [-0.25, -0.2) is 4.98 Å². The Labute approximate surface area is 222 Å². The van der Waals surface area contributed by atoms with Gasteiger partial charge in [-0.1, -0.05) is 46.9 Å². The summed E-state index contributed by atoms with van der Waals surface area (Å²) in [5.41, 5.74) is 5.39. The van der Waals surface area contributed by atoms with E-state index in [1.807, 2.05) is 73.1 Å². The minimum absolute atomic E-state index is 0.141. The number of hydrogen-bond donors (Lipinski definition) is 0. The van der Waals surface area contributed by atoms with Crippen LogP contribution in [-0.2, 0) is 5.75 Å². The standard InChI is InChI=1S/C27H24N4O2S3/c1-4-33-21-10-8-20(9-11-21)30-25(32)23-24(29-26(30)35-16-19-6-5-13-28-15-19)31(27(34)36-23)22-12-7-17(2)14-18(22)3/h5-15H,4,16H2,1-3H3. The molecule has 182 valence electrons. The summed E-state index contributed by atoms with van der Waals surface area (Å²) in [7, 11) is 0. The van der Waals surface area contributed by atoms with Crippen molar-refractivity contribution in [2.24, 2.45) is 0 Å². The van der Waals surface area contributed by atoms with Crippen LogP contribution in [0.15, 0.2) is 76.9 Å². The van der Waals surface area contributed by atoms with Gasteiger partial charge in [-0.05, 0) is 80.5 Å². The van der Waals surface area contributed by atoms with Crippen LogP contribution >= 0.6 is 35.3 Å². The molecule has 6 nitrogen and oxygen atoms in total. The van der Waals surface area contributed by atoms with Crippen LogP contribution in [0.1, 0.15) is 23.6 Å². The lowest BCUT2D eigenvalue weighted by Gasteiger charge is -2.14. The van der Waals surface area contributed by atoms with E-state index in [1.54, 1.807) is 10.8 Å². The quantitative estimate of drug-likeness (QED) is 0.133. The molecule has 3 aromatic heterocycles. The molecule has 0 spiro atoms. The molecule has 2 aromatic carbocycles. The zero-order valence-electron chi connectivity index (χ0n) is 20.1. The second-order valence-electron chi connectivity index (χ2n) is 8.26. The highest BCUT2D eigenvalue weighted by Gasteiger charge is 2.20. The van der Waals surface area contributed by atoms with Gasteiger partial charge in [0, 0.05) is 18.1 Å². The van der Waals surface area contributed by atoms with Gasteiger partial charge < -0.3 is 4.74 Å². The number of nitrogens with zero attached hydrogens (tertiary/aromatic N) is 4. The Morgan fingerprint density at radius 2 is 1.89 bits per heavy atom. The SMILES string of the molecule is CCOc1ccc(-n2c(SCc3cccnc3)nc3c(sc(=S)n3-c3ccc(C)cc3C)c2=O)cc1. The van der Waals surface area contributed by atoms with Crippen molar-refractivity contribution in [3.63, 3.8) is 0 Å². The Balaban J connectivity index is 1.71. The molecule has 0 aliphatic carbocycles. The summed E-state index contributed by atoms with van der Waals surface area (Å²) in [6.07, 6.45) is 3.57. The van der Waals surface area contributed by atoms with Gasteiger partial charge in [0.2, 0.25) is 0 Å². The van der Waals surface area contributed by atoms with E-state index in [4.69, 9.17) is 21.9 Å². The number of hydrogen-bond acceptors (Lipinski definition) is 7. The first-order valence-corrected chi connectivity index (χ1v) is 13.7. The van der Waals surface area contributed by atoms with Crippen molar-refractivity contribution in [1.82, 2.24) is 19.1 Å². The van der Waals surface area contributed by atoms with E-state index >= 15 is 0 Å². The first kappa shape index (κ1) is 24.4. The molecule has 0 saturated carbocycles. The van der Waals surface area contributed by atoms with Crippen molar-refractivity contribution < 1.29 is 4.74 Å². The van der Waals surface area contributed by atoms with E-state index in [1.165, 1.54) is 28.7 Å². The fourth-order valence-electron chi connectivity index (χ4n) is 4.02. The van der Waals surface area contributed by atoms with Crippen LogP contribution in [0.4, 0.5) is 0 Å². The van der Waals surface area contributed by atoms with Gasteiger partial charge in [-0.2, -0.15) is 0 Å². The van der Waals surface area contributed by atoms with Crippen LogP contribution < -0.4 is 10.3 Å². The first-order chi connectivity index (χ1) is 17.5. The van der Waals surface area contributed by atoms with Gasteiger partial charge in [-0.3, -0.25) is 18.9 Å². The van der Waals surface area contributed by atoms with Gasteiger partial charge in [-0.15, -0.1) is 0 Å². The molecule has 5 rings (SSSR count). The maximum absolute atomic E-state index is 13.9. The molecule has 0 radical (unpaired) electrons. The minimum Gasteiger partial charge on any atom is -0.494 e. The fraction of sp³-hybridized carbons (Fsp3) is 0.185. The number of ether oxygens (including phenoxy) is 1. The number of aryl methyl sites for hydroxylation is 2. The third-order valence-corrected chi connectivity index (χ3v) is 8.03. The molecule has 5 aromatic rings. The lowest BCUT2D eigenvalue weighted by Crippen LogP contribution is -2.21. The third kappa shape index (κ3) is 4.74. The van der Waals surface area contributed by atoms with Crippen molar-refractivity contribution in [3.05, 3.63) is 98.0 Å². The number of thiazole rings is 1. The van der Waals surface area contributed by atoms with Crippen LogP contribution in [0.25, 0.3) is 21.7 Å². The second kappa shape index (κ2) is 10.4. The fourth-order valence-corrected chi connectivity index (χ4v) is 6.25. The molecule has 0 aliphatic rings. The van der Waals surface area contributed by atoms with Crippen molar-refractivity contribution in [2.75, 3.05) is 6.61 Å². The summed E-state index contributed by atoms with van der Waals surface area (Å²) < 4.78 is 10.3. The zero-order valence-corrected chi connectivity index (χ0v) is 22.5. The largest absolute Gasteiger partial charge is 0.494 e. The van der Waals surface area contributed by atoms with Crippen LogP contribution in [0.5, 0.6) is 5.75 Å². The van der Waals surface area contributed by atoms with Crippen LogP contribution in [0.3, 0.4) is 0 Å². The van der Waals surface area contributed by atoms with E-state index in [0.29, 0.717) is 31.8 Å². The predicted molar refractivity (Wildman–Crippen MR) is 150 cm³/mol. The topological polar surface area (TPSA) is 61.9 Å². The average molecular weight is 533 g/mol. The number of benzene rings is 2. The van der Waals surface area contributed by atoms with Crippen molar-refractivity contribution >= 4 is 45.7 Å². The predicted octanol–water partition coefficient (Wildman–Crippen LogP) is 6.67. The zero-order chi connectivity index (χ0) is 25.2. The van der Waals surface area contributed by atoms with Gasteiger partial charge in [0.1, 0.15) is 10.4 Å². The Morgan fingerprint density at radius 1 is 1.08 bits per heavy atom. The van der Waals surface area contributed by atoms with Gasteiger partial charge in [0.05, 0.1) is 18.0 Å². The van der Waals surface area contributed by atoms with E-state index < -0.39 is 0 Å². The molecule has 0 atom stereocenters.